The Morgan fingerprint density at radius 1 is 1.44 bits per heavy atom. The average Bonchev–Trinajstić information content (AvgIpc) is 2.53. The van der Waals surface area contributed by atoms with E-state index in [2.05, 4.69) is 5.48 Å². The van der Waals surface area contributed by atoms with Crippen molar-refractivity contribution in [2.75, 3.05) is 7.11 Å². The third-order valence-electron chi connectivity index (χ3n) is 3.03. The second-order valence-corrected chi connectivity index (χ2v) is 4.54. The highest BCUT2D eigenvalue weighted by molar-refractivity contribution is 6.32. The lowest BCUT2D eigenvalue weighted by molar-refractivity contribution is 0.0338. The number of ether oxygens (including phenoxy) is 1. The van der Waals surface area contributed by atoms with Gasteiger partial charge >= 0.3 is 0 Å². The lowest BCUT2D eigenvalue weighted by Crippen LogP contribution is -2.28. The van der Waals surface area contributed by atoms with Gasteiger partial charge in [0.05, 0.1) is 13.2 Å². The van der Waals surface area contributed by atoms with E-state index in [0.29, 0.717) is 0 Å². The van der Waals surface area contributed by atoms with Gasteiger partial charge in [0, 0.05) is 10.6 Å². The van der Waals surface area contributed by atoms with Gasteiger partial charge in [0.15, 0.2) is 0 Å². The molecule has 4 heteroatoms. The summed E-state index contributed by atoms with van der Waals surface area (Å²) in [5.41, 5.74) is 6.17. The van der Waals surface area contributed by atoms with Crippen LogP contribution in [0.5, 0.6) is 5.75 Å². The topological polar surface area (TPSA) is 30.5 Å². The predicted octanol–water partition coefficient (Wildman–Crippen LogP) is 2.93. The van der Waals surface area contributed by atoms with Gasteiger partial charge in [-0.05, 0) is 38.0 Å². The van der Waals surface area contributed by atoms with Crippen LogP contribution in [0.25, 0.3) is 0 Å². The molecule has 1 aromatic rings. The van der Waals surface area contributed by atoms with Crippen molar-refractivity contribution >= 4 is 11.6 Å². The molecule has 0 fully saturated rings. The Labute approximate surface area is 101 Å². The highest BCUT2D eigenvalue weighted by atomic mass is 35.5. The minimum absolute atomic E-state index is 0.0399. The first-order chi connectivity index (χ1) is 7.56. The molecule has 0 radical (unpaired) electrons. The molecular formula is C12H16ClNO2. The Bertz CT molecular complexity index is 420. The van der Waals surface area contributed by atoms with E-state index in [1.54, 1.807) is 7.11 Å². The third kappa shape index (κ3) is 1.69. The fourth-order valence-corrected chi connectivity index (χ4v) is 2.36. The third-order valence-corrected chi connectivity index (χ3v) is 3.61. The average molecular weight is 242 g/mol. The fraction of sp³-hybridized carbons (Fsp3) is 0.500. The summed E-state index contributed by atoms with van der Waals surface area (Å²) in [5.74, 6) is 0.904. The molecule has 0 aliphatic carbocycles. The molecule has 0 saturated heterocycles. The van der Waals surface area contributed by atoms with E-state index in [0.717, 1.165) is 27.5 Å². The van der Waals surface area contributed by atoms with Crippen LogP contribution in [-0.2, 0) is 4.84 Å². The van der Waals surface area contributed by atoms with E-state index in [1.807, 2.05) is 26.8 Å². The largest absolute Gasteiger partial charge is 0.488 e. The van der Waals surface area contributed by atoms with Crippen LogP contribution in [0.1, 0.15) is 29.7 Å². The molecule has 2 rings (SSSR count). The van der Waals surface area contributed by atoms with Gasteiger partial charge in [0.25, 0.3) is 0 Å². The van der Waals surface area contributed by atoms with Gasteiger partial charge in [-0.1, -0.05) is 11.6 Å². The lowest BCUT2D eigenvalue weighted by atomic mass is 9.98. The van der Waals surface area contributed by atoms with Gasteiger partial charge < -0.3 is 9.57 Å². The maximum Gasteiger partial charge on any atom is 0.125 e. The first-order valence-electron chi connectivity index (χ1n) is 5.31. The number of hydrogen-bond acceptors (Lipinski definition) is 3. The van der Waals surface area contributed by atoms with Crippen molar-refractivity contribution < 1.29 is 9.57 Å². The minimum Gasteiger partial charge on any atom is -0.488 e. The summed E-state index contributed by atoms with van der Waals surface area (Å²) in [5, 5.41) is 0.805. The van der Waals surface area contributed by atoms with Crippen molar-refractivity contribution in [1.29, 1.82) is 0 Å². The summed E-state index contributed by atoms with van der Waals surface area (Å²) >= 11 is 6.25. The van der Waals surface area contributed by atoms with Gasteiger partial charge in [0.2, 0.25) is 0 Å². The molecular weight excluding hydrogens is 226 g/mol. The van der Waals surface area contributed by atoms with Gasteiger partial charge in [0.1, 0.15) is 11.9 Å². The first kappa shape index (κ1) is 11.7. The molecule has 0 saturated carbocycles. The molecule has 1 aromatic carbocycles. The number of aryl methyl sites for hydroxylation is 1. The number of hydroxylamine groups is 1. The zero-order valence-electron chi connectivity index (χ0n) is 9.93. The van der Waals surface area contributed by atoms with Gasteiger partial charge in [-0.25, -0.2) is 0 Å². The molecule has 1 aliphatic heterocycles. The minimum atomic E-state index is 0.0399. The van der Waals surface area contributed by atoms with E-state index in [4.69, 9.17) is 21.2 Å². The number of nitrogens with one attached hydrogen (secondary N) is 1. The standard InChI is InChI=1S/C12H16ClNO2/c1-6-5-9-10(7(2)11(6)13)12(14-15-4)8(3)16-9/h5,8,12,14H,1-4H3. The Morgan fingerprint density at radius 2 is 2.12 bits per heavy atom. The highest BCUT2D eigenvalue weighted by Crippen LogP contribution is 2.42. The summed E-state index contributed by atoms with van der Waals surface area (Å²) in [4.78, 5) is 5.01. The second kappa shape index (κ2) is 4.24. The Kier molecular flexibility index (Phi) is 3.10. The van der Waals surface area contributed by atoms with E-state index >= 15 is 0 Å². The predicted molar refractivity (Wildman–Crippen MR) is 63.9 cm³/mol. The summed E-state index contributed by atoms with van der Waals surface area (Å²) in [6, 6.07) is 2.02. The molecule has 2 atom stereocenters. The summed E-state index contributed by atoms with van der Waals surface area (Å²) in [7, 11) is 1.61. The highest BCUT2D eigenvalue weighted by Gasteiger charge is 2.34. The number of rotatable bonds is 2. The van der Waals surface area contributed by atoms with Crippen molar-refractivity contribution in [3.63, 3.8) is 0 Å². The van der Waals surface area contributed by atoms with Crippen LogP contribution < -0.4 is 10.2 Å². The van der Waals surface area contributed by atoms with Crippen molar-refractivity contribution in [1.82, 2.24) is 5.48 Å². The quantitative estimate of drug-likeness (QED) is 0.808. The molecule has 88 valence electrons. The molecule has 1 aliphatic rings. The monoisotopic (exact) mass is 241 g/mol. The summed E-state index contributed by atoms with van der Waals surface area (Å²) < 4.78 is 5.79. The Hall–Kier alpha value is -0.770. The number of fused-ring (bicyclic) bond motifs is 1. The summed E-state index contributed by atoms with van der Waals surface area (Å²) in [6.07, 6.45) is 0.0477. The fourth-order valence-electron chi connectivity index (χ4n) is 2.21. The van der Waals surface area contributed by atoms with E-state index in [-0.39, 0.29) is 12.1 Å². The Morgan fingerprint density at radius 3 is 2.75 bits per heavy atom. The first-order valence-corrected chi connectivity index (χ1v) is 5.68. The second-order valence-electron chi connectivity index (χ2n) is 4.17. The van der Waals surface area contributed by atoms with Gasteiger partial charge in [-0.3, -0.25) is 0 Å². The van der Waals surface area contributed by atoms with Gasteiger partial charge in [-0.2, -0.15) is 5.48 Å². The Balaban J connectivity index is 2.52. The molecule has 0 aromatic heterocycles. The van der Waals surface area contributed by atoms with Crippen LogP contribution >= 0.6 is 11.6 Å². The van der Waals surface area contributed by atoms with Crippen LogP contribution in [0.4, 0.5) is 0 Å². The molecule has 0 spiro atoms. The van der Waals surface area contributed by atoms with Crippen LogP contribution in [0.15, 0.2) is 6.07 Å². The molecule has 2 unspecified atom stereocenters. The van der Waals surface area contributed by atoms with Crippen molar-refractivity contribution in [2.24, 2.45) is 0 Å². The molecule has 3 nitrogen and oxygen atoms in total. The van der Waals surface area contributed by atoms with Crippen LogP contribution in [0, 0.1) is 13.8 Å². The lowest BCUT2D eigenvalue weighted by Gasteiger charge is -2.16. The number of hydrogen-bond donors (Lipinski definition) is 1. The van der Waals surface area contributed by atoms with E-state index in [9.17, 15) is 0 Å². The maximum atomic E-state index is 6.25. The van der Waals surface area contributed by atoms with Crippen molar-refractivity contribution in [3.05, 3.63) is 27.8 Å². The number of halogens is 1. The molecule has 0 bridgehead atoms. The molecule has 1 heterocycles. The van der Waals surface area contributed by atoms with Gasteiger partial charge in [-0.15, -0.1) is 0 Å². The molecule has 0 amide bonds. The maximum absolute atomic E-state index is 6.25. The molecule has 16 heavy (non-hydrogen) atoms. The molecule has 1 N–H and O–H groups in total. The number of benzene rings is 1. The smallest absolute Gasteiger partial charge is 0.125 e. The van der Waals surface area contributed by atoms with Crippen LogP contribution in [0.3, 0.4) is 0 Å². The normalized spacial score (nSPS) is 23.1. The van der Waals surface area contributed by atoms with Crippen molar-refractivity contribution in [2.45, 2.75) is 32.9 Å². The van der Waals surface area contributed by atoms with E-state index < -0.39 is 0 Å². The van der Waals surface area contributed by atoms with Crippen LogP contribution in [0.2, 0.25) is 5.02 Å². The zero-order chi connectivity index (χ0) is 11.9. The van der Waals surface area contributed by atoms with Crippen LogP contribution in [-0.4, -0.2) is 13.2 Å². The zero-order valence-corrected chi connectivity index (χ0v) is 10.7. The SMILES string of the molecule is CONC1c2c(cc(C)c(Cl)c2C)OC1C. The summed E-state index contributed by atoms with van der Waals surface area (Å²) in [6.45, 7) is 6.01. The van der Waals surface area contributed by atoms with E-state index in [1.165, 1.54) is 0 Å². The van der Waals surface area contributed by atoms with Crippen molar-refractivity contribution in [3.8, 4) is 5.75 Å².